The van der Waals surface area contributed by atoms with Gasteiger partial charge >= 0.3 is 5.97 Å². The molecule has 1 aromatic rings. The molecule has 0 amide bonds. The number of aryl methyl sites for hydroxylation is 1. The predicted molar refractivity (Wildman–Crippen MR) is 58.1 cm³/mol. The van der Waals surface area contributed by atoms with E-state index in [1.807, 2.05) is 32.0 Å². The molecule has 0 aromatic heterocycles. The number of hydrogen-bond acceptors (Lipinski definition) is 2. The number of benzene rings is 1. The lowest BCUT2D eigenvalue weighted by Crippen LogP contribution is -2.54. The molecule has 0 aliphatic carbocycles. The fourth-order valence-corrected chi connectivity index (χ4v) is 1.46. The summed E-state index contributed by atoms with van der Waals surface area (Å²) in [6.07, 6.45) is 0.345. The van der Waals surface area contributed by atoms with Crippen LogP contribution in [0.1, 0.15) is 30.5 Å². The summed E-state index contributed by atoms with van der Waals surface area (Å²) in [7, 11) is 0. The van der Waals surface area contributed by atoms with E-state index in [0.29, 0.717) is 13.0 Å². The maximum atomic E-state index is 11.2. The number of quaternary nitrogens is 1. The Bertz CT molecular complexity index is 336. The summed E-state index contributed by atoms with van der Waals surface area (Å²) in [5.41, 5.74) is 6.24. The van der Waals surface area contributed by atoms with Crippen molar-refractivity contribution in [3.8, 4) is 0 Å². The van der Waals surface area contributed by atoms with Gasteiger partial charge in [0.2, 0.25) is 0 Å². The largest absolute Gasteiger partial charge is 0.466 e. The number of ether oxygens (including phenoxy) is 1. The first kappa shape index (κ1) is 11.7. The van der Waals surface area contributed by atoms with Gasteiger partial charge in [-0.2, -0.15) is 0 Å². The van der Waals surface area contributed by atoms with Crippen LogP contribution >= 0.6 is 0 Å². The molecular weight excluding hydrogens is 190 g/mol. The highest BCUT2D eigenvalue weighted by molar-refractivity contribution is 5.70. The lowest BCUT2D eigenvalue weighted by atomic mass is 10.0. The number of carbonyl (C=O) groups excluding carboxylic acids is 1. The molecule has 1 aromatic carbocycles. The van der Waals surface area contributed by atoms with Gasteiger partial charge in [-0.05, 0) is 13.8 Å². The molecule has 0 heterocycles. The summed E-state index contributed by atoms with van der Waals surface area (Å²) in [6.45, 7) is 4.27. The number of hydrogen-bond donors (Lipinski definition) is 1. The molecule has 0 unspecified atom stereocenters. The Labute approximate surface area is 90.2 Å². The van der Waals surface area contributed by atoms with Gasteiger partial charge in [-0.1, -0.05) is 29.8 Å². The van der Waals surface area contributed by atoms with Crippen LogP contribution < -0.4 is 5.73 Å². The summed E-state index contributed by atoms with van der Waals surface area (Å²) in [4.78, 5) is 11.2. The van der Waals surface area contributed by atoms with E-state index in [0.717, 1.165) is 5.56 Å². The third-order valence-electron chi connectivity index (χ3n) is 2.23. The topological polar surface area (TPSA) is 53.9 Å². The highest BCUT2D eigenvalue weighted by atomic mass is 16.5. The first-order valence-corrected chi connectivity index (χ1v) is 5.18. The molecule has 0 saturated carbocycles. The number of esters is 1. The van der Waals surface area contributed by atoms with Gasteiger partial charge in [0.1, 0.15) is 12.5 Å². The maximum Gasteiger partial charge on any atom is 0.312 e. The van der Waals surface area contributed by atoms with Gasteiger partial charge in [-0.3, -0.25) is 4.79 Å². The second-order valence-corrected chi connectivity index (χ2v) is 3.62. The quantitative estimate of drug-likeness (QED) is 0.757. The van der Waals surface area contributed by atoms with E-state index in [2.05, 4.69) is 11.8 Å². The van der Waals surface area contributed by atoms with Crippen LogP contribution in [0.15, 0.2) is 24.3 Å². The van der Waals surface area contributed by atoms with Gasteiger partial charge in [0, 0.05) is 5.56 Å². The van der Waals surface area contributed by atoms with Crippen molar-refractivity contribution in [2.24, 2.45) is 0 Å². The molecule has 15 heavy (non-hydrogen) atoms. The van der Waals surface area contributed by atoms with Crippen LogP contribution in [0.3, 0.4) is 0 Å². The number of rotatable bonds is 4. The second-order valence-electron chi connectivity index (χ2n) is 3.62. The number of carbonyl (C=O) groups is 1. The summed E-state index contributed by atoms with van der Waals surface area (Å²) >= 11 is 0. The van der Waals surface area contributed by atoms with E-state index in [1.165, 1.54) is 5.56 Å². The van der Waals surface area contributed by atoms with Crippen molar-refractivity contribution in [3.63, 3.8) is 0 Å². The summed E-state index contributed by atoms with van der Waals surface area (Å²) in [5.74, 6) is -0.181. The zero-order valence-electron chi connectivity index (χ0n) is 9.32. The van der Waals surface area contributed by atoms with Gasteiger partial charge in [-0.25, -0.2) is 0 Å². The van der Waals surface area contributed by atoms with Gasteiger partial charge in [0.25, 0.3) is 0 Å². The molecule has 0 fully saturated rings. The summed E-state index contributed by atoms with van der Waals surface area (Å²) in [5, 5.41) is 0. The summed E-state index contributed by atoms with van der Waals surface area (Å²) in [6, 6.07) is 8.03. The second kappa shape index (κ2) is 5.51. The predicted octanol–water partition coefficient (Wildman–Crippen LogP) is 1.23. The van der Waals surface area contributed by atoms with Crippen LogP contribution in [0.25, 0.3) is 0 Å². The lowest BCUT2D eigenvalue weighted by molar-refractivity contribution is -0.425. The van der Waals surface area contributed by atoms with Crippen molar-refractivity contribution in [1.82, 2.24) is 0 Å². The Morgan fingerprint density at radius 3 is 2.87 bits per heavy atom. The molecular formula is C12H18NO2+. The third-order valence-corrected chi connectivity index (χ3v) is 2.23. The standard InChI is InChI=1S/C12H17NO2/c1-3-15-12(14)8-11(13)10-6-4-5-9(2)7-10/h4-7,11H,3,8,13H2,1-2H3/p+1/t11-/m1/s1. The van der Waals surface area contributed by atoms with E-state index in [-0.39, 0.29) is 12.0 Å². The van der Waals surface area contributed by atoms with Crippen LogP contribution in [0, 0.1) is 6.92 Å². The van der Waals surface area contributed by atoms with Gasteiger partial charge in [0.05, 0.1) is 6.61 Å². The van der Waals surface area contributed by atoms with Crippen molar-refractivity contribution in [2.75, 3.05) is 6.61 Å². The molecule has 0 aliphatic rings. The molecule has 0 radical (unpaired) electrons. The SMILES string of the molecule is CCOC(=O)C[C@@H]([NH3+])c1cccc(C)c1. The summed E-state index contributed by atoms with van der Waals surface area (Å²) < 4.78 is 4.89. The van der Waals surface area contributed by atoms with Crippen molar-refractivity contribution in [3.05, 3.63) is 35.4 Å². The Kier molecular flexibility index (Phi) is 4.31. The molecule has 82 valence electrons. The molecule has 0 saturated heterocycles. The van der Waals surface area contributed by atoms with Crippen LogP contribution in [0.5, 0.6) is 0 Å². The van der Waals surface area contributed by atoms with E-state index >= 15 is 0 Å². The molecule has 0 bridgehead atoms. The maximum absolute atomic E-state index is 11.2. The minimum absolute atomic E-state index is 0.0241. The molecule has 1 rings (SSSR count). The van der Waals surface area contributed by atoms with E-state index in [1.54, 1.807) is 0 Å². The zero-order chi connectivity index (χ0) is 11.3. The minimum atomic E-state index is -0.181. The fraction of sp³-hybridized carbons (Fsp3) is 0.417. The highest BCUT2D eigenvalue weighted by Crippen LogP contribution is 2.14. The first-order valence-electron chi connectivity index (χ1n) is 5.18. The molecule has 3 N–H and O–H groups in total. The van der Waals surface area contributed by atoms with Gasteiger partial charge in [-0.15, -0.1) is 0 Å². The Hall–Kier alpha value is -1.35. The van der Waals surface area contributed by atoms with E-state index < -0.39 is 0 Å². The fourth-order valence-electron chi connectivity index (χ4n) is 1.46. The normalized spacial score (nSPS) is 12.2. The molecule has 0 aliphatic heterocycles. The van der Waals surface area contributed by atoms with Crippen LogP contribution in [-0.2, 0) is 9.53 Å². The minimum Gasteiger partial charge on any atom is -0.466 e. The van der Waals surface area contributed by atoms with Crippen LogP contribution in [0.4, 0.5) is 0 Å². The van der Waals surface area contributed by atoms with Crippen LogP contribution in [-0.4, -0.2) is 12.6 Å². The van der Waals surface area contributed by atoms with Gasteiger partial charge < -0.3 is 10.5 Å². The Morgan fingerprint density at radius 2 is 2.27 bits per heavy atom. The highest BCUT2D eigenvalue weighted by Gasteiger charge is 2.15. The van der Waals surface area contributed by atoms with Crippen molar-refractivity contribution in [2.45, 2.75) is 26.3 Å². The molecule has 0 spiro atoms. The van der Waals surface area contributed by atoms with Gasteiger partial charge in [0.15, 0.2) is 0 Å². The van der Waals surface area contributed by atoms with E-state index in [9.17, 15) is 4.79 Å². The smallest absolute Gasteiger partial charge is 0.312 e. The molecule has 1 atom stereocenters. The van der Waals surface area contributed by atoms with Crippen molar-refractivity contribution >= 4 is 5.97 Å². The average molecular weight is 208 g/mol. The zero-order valence-corrected chi connectivity index (χ0v) is 9.32. The molecule has 3 nitrogen and oxygen atoms in total. The molecule has 3 heteroatoms. The Morgan fingerprint density at radius 1 is 1.53 bits per heavy atom. The average Bonchev–Trinajstić information content (AvgIpc) is 2.18. The van der Waals surface area contributed by atoms with Crippen molar-refractivity contribution < 1.29 is 15.3 Å². The van der Waals surface area contributed by atoms with E-state index in [4.69, 9.17) is 4.74 Å². The van der Waals surface area contributed by atoms with Crippen molar-refractivity contribution in [1.29, 1.82) is 0 Å². The Balaban J connectivity index is 2.60. The third kappa shape index (κ3) is 3.72. The van der Waals surface area contributed by atoms with Crippen LogP contribution in [0.2, 0.25) is 0 Å². The first-order chi connectivity index (χ1) is 7.13. The monoisotopic (exact) mass is 208 g/mol. The lowest BCUT2D eigenvalue weighted by Gasteiger charge is -2.08.